The number of carboxylic acid groups (broad SMARTS) is 1. The average molecular weight is 333 g/mol. The molecule has 0 aromatic carbocycles. The summed E-state index contributed by atoms with van der Waals surface area (Å²) in [6.45, 7) is 3.65. The Bertz CT molecular complexity index is 463. The highest BCUT2D eigenvalue weighted by atomic mass is 32.2. The highest BCUT2D eigenvalue weighted by Crippen LogP contribution is 2.36. The third-order valence-electron chi connectivity index (χ3n) is 2.78. The van der Waals surface area contributed by atoms with Gasteiger partial charge >= 0.3 is 5.97 Å². The molecule has 1 aliphatic heterocycles. The van der Waals surface area contributed by atoms with Crippen molar-refractivity contribution in [2.24, 2.45) is 0 Å². The van der Waals surface area contributed by atoms with Crippen LogP contribution in [0.1, 0.15) is 20.3 Å². The molecule has 1 unspecified atom stereocenters. The number of nitrogens with zero attached hydrogens (tertiary/aromatic N) is 1. The first-order valence-electron chi connectivity index (χ1n) is 6.47. The van der Waals surface area contributed by atoms with Crippen LogP contribution in [0, 0.1) is 0 Å². The fourth-order valence-electron chi connectivity index (χ4n) is 1.86. The Morgan fingerprint density at radius 1 is 1.48 bits per heavy atom. The Morgan fingerprint density at radius 2 is 2.14 bits per heavy atom. The number of thioether (sulfide) groups is 2. The highest BCUT2D eigenvalue weighted by molar-refractivity contribution is 8.04. The number of likely N-dealkylation sites (tertiary alicyclic amines) is 1. The minimum atomic E-state index is -1.25. The summed E-state index contributed by atoms with van der Waals surface area (Å²) in [4.78, 5) is 36.4. The van der Waals surface area contributed by atoms with E-state index in [2.05, 4.69) is 0 Å². The predicted molar refractivity (Wildman–Crippen MR) is 83.1 cm³/mol. The van der Waals surface area contributed by atoms with Crippen LogP contribution in [0.4, 0.5) is 0 Å². The molecule has 0 aliphatic carbocycles. The zero-order chi connectivity index (χ0) is 16.0. The van der Waals surface area contributed by atoms with Crippen LogP contribution in [0.3, 0.4) is 0 Å². The van der Waals surface area contributed by atoms with E-state index < -0.39 is 5.97 Å². The minimum absolute atomic E-state index is 0.106. The number of carbonyl (C=O) groups is 3. The lowest BCUT2D eigenvalue weighted by Crippen LogP contribution is -2.52. The van der Waals surface area contributed by atoms with E-state index in [0.29, 0.717) is 18.8 Å². The number of Topliss-reactive ketones (excluding diaryl/α,β-unsaturated/α-hetero) is 1. The molecule has 1 atom stereocenters. The van der Waals surface area contributed by atoms with Crippen molar-refractivity contribution in [3.05, 3.63) is 10.6 Å². The van der Waals surface area contributed by atoms with Crippen molar-refractivity contribution in [2.75, 3.05) is 25.2 Å². The van der Waals surface area contributed by atoms with Gasteiger partial charge in [0.2, 0.25) is 5.91 Å². The Labute approximate surface area is 132 Å². The molecule has 1 saturated heterocycles. The fourth-order valence-corrected chi connectivity index (χ4v) is 3.85. The first-order valence-corrected chi connectivity index (χ1v) is 8.51. The lowest BCUT2D eigenvalue weighted by molar-refractivity contribution is -0.146. The normalized spacial score (nSPS) is 19.1. The number of carboxylic acids is 1. The van der Waals surface area contributed by atoms with Gasteiger partial charge in [-0.15, -0.1) is 23.5 Å². The summed E-state index contributed by atoms with van der Waals surface area (Å²) in [5, 5.41) is 9.23. The zero-order valence-electron chi connectivity index (χ0n) is 12.2. The van der Waals surface area contributed by atoms with E-state index in [1.54, 1.807) is 0 Å². The van der Waals surface area contributed by atoms with Crippen LogP contribution < -0.4 is 0 Å². The first-order chi connectivity index (χ1) is 9.93. The van der Waals surface area contributed by atoms with Crippen LogP contribution in [0.15, 0.2) is 10.6 Å². The third-order valence-corrected chi connectivity index (χ3v) is 5.01. The van der Waals surface area contributed by atoms with E-state index in [9.17, 15) is 19.5 Å². The van der Waals surface area contributed by atoms with Crippen LogP contribution in [0.5, 0.6) is 0 Å². The van der Waals surface area contributed by atoms with E-state index >= 15 is 0 Å². The Hall–Kier alpha value is -0.990. The van der Waals surface area contributed by atoms with Gasteiger partial charge in [0.25, 0.3) is 0 Å². The van der Waals surface area contributed by atoms with Crippen molar-refractivity contribution in [3.63, 3.8) is 0 Å². The van der Waals surface area contributed by atoms with Crippen molar-refractivity contribution in [1.29, 1.82) is 0 Å². The molecule has 118 valence electrons. The van der Waals surface area contributed by atoms with E-state index in [1.807, 2.05) is 6.92 Å². The topological polar surface area (TPSA) is 83.9 Å². The van der Waals surface area contributed by atoms with Gasteiger partial charge in [0.05, 0.1) is 23.3 Å². The third kappa shape index (κ3) is 4.49. The molecule has 0 spiro atoms. The monoisotopic (exact) mass is 333 g/mol. The molecule has 0 bridgehead atoms. The fraction of sp³-hybridized carbons (Fsp3) is 0.615. The number of β-lactam (4-membered cyclic amide) rings is 1. The maximum Gasteiger partial charge on any atom is 0.353 e. The molecule has 1 fully saturated rings. The number of rotatable bonds is 9. The molecule has 1 heterocycles. The molecule has 0 saturated carbocycles. The van der Waals surface area contributed by atoms with Crippen molar-refractivity contribution in [1.82, 2.24) is 4.90 Å². The molecule has 21 heavy (non-hydrogen) atoms. The highest BCUT2D eigenvalue weighted by Gasteiger charge is 2.42. The standard InChI is InChI=1S/C13H19NO5S2/c1-4-20-10-7-9(16)14(10)11(13(17)18)12(8(2)15)21-6-5-19-3/h10H,4-7H2,1-3H3,(H,17,18). The molecule has 0 aromatic rings. The van der Waals surface area contributed by atoms with Crippen LogP contribution in [0.2, 0.25) is 0 Å². The van der Waals surface area contributed by atoms with Gasteiger partial charge in [-0.2, -0.15) is 0 Å². The zero-order valence-corrected chi connectivity index (χ0v) is 13.9. The molecule has 1 amide bonds. The second kappa shape index (κ2) is 8.45. The van der Waals surface area contributed by atoms with Gasteiger partial charge in [0.1, 0.15) is 5.70 Å². The lowest BCUT2D eigenvalue weighted by atomic mass is 10.1. The number of ketones is 1. The molecule has 1 rings (SSSR count). The maximum absolute atomic E-state index is 11.8. The Morgan fingerprint density at radius 3 is 2.57 bits per heavy atom. The summed E-state index contributed by atoms with van der Waals surface area (Å²) < 4.78 is 4.91. The smallest absolute Gasteiger partial charge is 0.353 e. The summed E-state index contributed by atoms with van der Waals surface area (Å²) in [5.41, 5.74) is -0.203. The number of hydrogen-bond acceptors (Lipinski definition) is 6. The number of methoxy groups -OCH3 is 1. The molecule has 8 heteroatoms. The van der Waals surface area contributed by atoms with Gasteiger partial charge in [-0.25, -0.2) is 4.79 Å². The SMILES string of the molecule is CCSC1CC(=O)N1C(C(=O)O)=C(SCCOC)C(C)=O. The maximum atomic E-state index is 11.8. The van der Waals surface area contributed by atoms with Crippen LogP contribution >= 0.6 is 23.5 Å². The number of carbonyl (C=O) groups excluding carboxylic acids is 2. The van der Waals surface area contributed by atoms with Gasteiger partial charge in [0, 0.05) is 12.9 Å². The van der Waals surface area contributed by atoms with Crippen molar-refractivity contribution in [3.8, 4) is 0 Å². The second-order valence-corrected chi connectivity index (χ2v) is 6.82. The molecule has 0 radical (unpaired) electrons. The summed E-state index contributed by atoms with van der Waals surface area (Å²) in [5.74, 6) is -0.638. The molecular weight excluding hydrogens is 314 g/mol. The number of allylic oxidation sites excluding steroid dienone is 1. The number of aliphatic carboxylic acids is 1. The van der Waals surface area contributed by atoms with Gasteiger partial charge < -0.3 is 9.84 Å². The molecule has 1 aliphatic rings. The largest absolute Gasteiger partial charge is 0.477 e. The van der Waals surface area contributed by atoms with Gasteiger partial charge in [0.15, 0.2) is 5.78 Å². The van der Waals surface area contributed by atoms with E-state index in [-0.39, 0.29) is 27.7 Å². The van der Waals surface area contributed by atoms with E-state index in [0.717, 1.165) is 17.5 Å². The van der Waals surface area contributed by atoms with Crippen LogP contribution in [0.25, 0.3) is 0 Å². The van der Waals surface area contributed by atoms with Crippen LogP contribution in [-0.4, -0.2) is 58.3 Å². The van der Waals surface area contributed by atoms with Crippen LogP contribution in [-0.2, 0) is 19.1 Å². The number of hydrogen-bond donors (Lipinski definition) is 1. The molecule has 1 N–H and O–H groups in total. The van der Waals surface area contributed by atoms with Gasteiger partial charge in [-0.3, -0.25) is 14.5 Å². The number of amides is 1. The van der Waals surface area contributed by atoms with E-state index in [4.69, 9.17) is 4.74 Å². The summed E-state index contributed by atoms with van der Waals surface area (Å²) in [7, 11) is 1.53. The van der Waals surface area contributed by atoms with Gasteiger partial charge in [-0.1, -0.05) is 6.92 Å². The Balaban J connectivity index is 3.09. The first kappa shape index (κ1) is 18.1. The predicted octanol–water partition coefficient (Wildman–Crippen LogP) is 1.56. The van der Waals surface area contributed by atoms with Crippen molar-refractivity contribution >= 4 is 41.2 Å². The second-order valence-electron chi connectivity index (χ2n) is 4.26. The Kier molecular flexibility index (Phi) is 7.27. The number of ether oxygens (including phenoxy) is 1. The quantitative estimate of drug-likeness (QED) is 0.389. The minimum Gasteiger partial charge on any atom is -0.477 e. The molecular formula is C13H19NO5S2. The molecule has 6 nitrogen and oxygen atoms in total. The summed E-state index contributed by atoms with van der Waals surface area (Å²) in [6, 6.07) is 0. The average Bonchev–Trinajstić information content (AvgIpc) is 2.40. The summed E-state index contributed by atoms with van der Waals surface area (Å²) >= 11 is 2.61. The van der Waals surface area contributed by atoms with E-state index in [1.165, 1.54) is 30.7 Å². The van der Waals surface area contributed by atoms with Crippen molar-refractivity contribution < 1.29 is 24.2 Å². The summed E-state index contributed by atoms with van der Waals surface area (Å²) in [6.07, 6.45) is 0.309. The van der Waals surface area contributed by atoms with Gasteiger partial charge in [-0.05, 0) is 12.7 Å². The molecule has 0 aromatic heterocycles. The van der Waals surface area contributed by atoms with Crippen molar-refractivity contribution in [2.45, 2.75) is 25.6 Å². The lowest BCUT2D eigenvalue weighted by Gasteiger charge is -2.40.